The average Bonchev–Trinajstić information content (AvgIpc) is 2.78. The SMILES string of the molecule is CC(=O)c1sc(Nc2cc(Cl)ccc2Br)nc1C(=O)O. The summed E-state index contributed by atoms with van der Waals surface area (Å²) in [6.45, 7) is 1.30. The van der Waals surface area contributed by atoms with Gasteiger partial charge in [0.2, 0.25) is 0 Å². The van der Waals surface area contributed by atoms with E-state index in [9.17, 15) is 9.59 Å². The standard InChI is InChI=1S/C12H8BrClN2O3S/c1-5(17)10-9(11(18)19)16-12(20-10)15-8-4-6(14)2-3-7(8)13/h2-4H,1H3,(H,15,16)(H,18,19). The van der Waals surface area contributed by atoms with E-state index in [-0.39, 0.29) is 16.4 Å². The van der Waals surface area contributed by atoms with E-state index in [1.807, 2.05) is 0 Å². The lowest BCUT2D eigenvalue weighted by Crippen LogP contribution is -2.03. The van der Waals surface area contributed by atoms with Gasteiger partial charge in [0.1, 0.15) is 4.88 Å². The minimum absolute atomic E-state index is 0.109. The van der Waals surface area contributed by atoms with E-state index in [4.69, 9.17) is 16.7 Å². The topological polar surface area (TPSA) is 79.3 Å². The van der Waals surface area contributed by atoms with Crippen LogP contribution in [0.4, 0.5) is 10.8 Å². The summed E-state index contributed by atoms with van der Waals surface area (Å²) in [7, 11) is 0. The Morgan fingerprint density at radius 2 is 2.15 bits per heavy atom. The zero-order chi connectivity index (χ0) is 14.9. The molecule has 0 radical (unpaired) electrons. The van der Waals surface area contributed by atoms with Crippen molar-refractivity contribution in [2.24, 2.45) is 0 Å². The minimum Gasteiger partial charge on any atom is -0.476 e. The van der Waals surface area contributed by atoms with Crippen LogP contribution in [0.2, 0.25) is 5.02 Å². The number of aromatic nitrogens is 1. The largest absolute Gasteiger partial charge is 0.476 e. The van der Waals surface area contributed by atoms with Crippen LogP contribution in [-0.4, -0.2) is 21.8 Å². The molecule has 2 aromatic rings. The van der Waals surface area contributed by atoms with Gasteiger partial charge in [0.05, 0.1) is 5.69 Å². The Labute approximate surface area is 131 Å². The molecule has 0 unspecified atom stereocenters. The van der Waals surface area contributed by atoms with E-state index in [0.29, 0.717) is 15.8 Å². The van der Waals surface area contributed by atoms with Crippen molar-refractivity contribution in [2.45, 2.75) is 6.92 Å². The highest BCUT2D eigenvalue weighted by atomic mass is 79.9. The molecule has 0 aliphatic carbocycles. The van der Waals surface area contributed by atoms with Crippen molar-refractivity contribution in [3.8, 4) is 0 Å². The maximum atomic E-state index is 11.4. The van der Waals surface area contributed by atoms with E-state index < -0.39 is 5.97 Å². The quantitative estimate of drug-likeness (QED) is 0.783. The van der Waals surface area contributed by atoms with Crippen LogP contribution >= 0.6 is 38.9 Å². The Kier molecular flexibility index (Phi) is 4.42. The molecule has 0 saturated carbocycles. The van der Waals surface area contributed by atoms with Crippen molar-refractivity contribution in [2.75, 3.05) is 5.32 Å². The van der Waals surface area contributed by atoms with Crippen molar-refractivity contribution >= 4 is 61.4 Å². The number of benzene rings is 1. The zero-order valence-corrected chi connectivity index (χ0v) is 13.3. The number of nitrogens with zero attached hydrogens (tertiary/aromatic N) is 1. The summed E-state index contributed by atoms with van der Waals surface area (Å²) in [4.78, 5) is 26.5. The fourth-order valence-electron chi connectivity index (χ4n) is 1.47. The normalized spacial score (nSPS) is 10.3. The highest BCUT2D eigenvalue weighted by Crippen LogP contribution is 2.32. The molecule has 0 aliphatic rings. The number of hydrogen-bond acceptors (Lipinski definition) is 5. The Balaban J connectivity index is 2.39. The Morgan fingerprint density at radius 1 is 1.45 bits per heavy atom. The Bertz CT molecular complexity index is 671. The average molecular weight is 376 g/mol. The number of ketones is 1. The van der Waals surface area contributed by atoms with Gasteiger partial charge in [-0.3, -0.25) is 4.79 Å². The number of nitrogens with one attached hydrogen (secondary N) is 1. The number of Topliss-reactive ketones (excluding diaryl/α,β-unsaturated/α-hetero) is 1. The number of anilines is 2. The number of halogens is 2. The van der Waals surface area contributed by atoms with Gasteiger partial charge in [0, 0.05) is 16.4 Å². The van der Waals surface area contributed by atoms with Crippen LogP contribution in [0.25, 0.3) is 0 Å². The van der Waals surface area contributed by atoms with Crippen molar-refractivity contribution in [1.29, 1.82) is 0 Å². The maximum Gasteiger partial charge on any atom is 0.356 e. The summed E-state index contributed by atoms with van der Waals surface area (Å²) in [6, 6.07) is 5.13. The molecule has 1 aromatic carbocycles. The number of rotatable bonds is 4. The monoisotopic (exact) mass is 374 g/mol. The smallest absolute Gasteiger partial charge is 0.356 e. The summed E-state index contributed by atoms with van der Waals surface area (Å²) in [6.07, 6.45) is 0. The molecule has 8 heteroatoms. The third-order valence-electron chi connectivity index (χ3n) is 2.32. The van der Waals surface area contributed by atoms with Gasteiger partial charge in [0.25, 0.3) is 0 Å². The zero-order valence-electron chi connectivity index (χ0n) is 10.1. The molecule has 2 N–H and O–H groups in total. The summed E-state index contributed by atoms with van der Waals surface area (Å²) in [5.41, 5.74) is 0.390. The van der Waals surface area contributed by atoms with E-state index in [1.54, 1.807) is 18.2 Å². The highest BCUT2D eigenvalue weighted by molar-refractivity contribution is 9.10. The predicted molar refractivity (Wildman–Crippen MR) is 81.5 cm³/mol. The van der Waals surface area contributed by atoms with Gasteiger partial charge in [0.15, 0.2) is 16.6 Å². The summed E-state index contributed by atoms with van der Waals surface area (Å²) >= 11 is 10.2. The van der Waals surface area contributed by atoms with Crippen molar-refractivity contribution in [1.82, 2.24) is 4.98 Å². The van der Waals surface area contributed by atoms with Gasteiger partial charge < -0.3 is 10.4 Å². The first-order chi connectivity index (χ1) is 9.38. The third-order valence-corrected chi connectivity index (χ3v) is 4.32. The molecule has 0 saturated heterocycles. The lowest BCUT2D eigenvalue weighted by molar-refractivity contribution is 0.0687. The van der Waals surface area contributed by atoms with Gasteiger partial charge >= 0.3 is 5.97 Å². The van der Waals surface area contributed by atoms with Crippen LogP contribution in [-0.2, 0) is 0 Å². The van der Waals surface area contributed by atoms with Gasteiger partial charge in [-0.2, -0.15) is 0 Å². The van der Waals surface area contributed by atoms with Gasteiger partial charge in [-0.25, -0.2) is 9.78 Å². The van der Waals surface area contributed by atoms with Crippen molar-refractivity contribution < 1.29 is 14.7 Å². The lowest BCUT2D eigenvalue weighted by Gasteiger charge is -2.05. The van der Waals surface area contributed by atoms with Crippen LogP contribution in [0.1, 0.15) is 27.1 Å². The molecule has 0 spiro atoms. The van der Waals surface area contributed by atoms with E-state index in [1.165, 1.54) is 6.92 Å². The molecular formula is C12H8BrClN2O3S. The summed E-state index contributed by atoms with van der Waals surface area (Å²) in [5, 5.41) is 12.8. The third kappa shape index (κ3) is 3.17. The fourth-order valence-corrected chi connectivity index (χ4v) is 2.85. The van der Waals surface area contributed by atoms with Crippen molar-refractivity contribution in [3.05, 3.63) is 38.3 Å². The molecule has 0 atom stereocenters. The van der Waals surface area contributed by atoms with Crippen LogP contribution in [0.15, 0.2) is 22.7 Å². The van der Waals surface area contributed by atoms with E-state index >= 15 is 0 Å². The number of carbonyl (C=O) groups excluding carboxylic acids is 1. The van der Waals surface area contributed by atoms with E-state index in [0.717, 1.165) is 15.8 Å². The highest BCUT2D eigenvalue weighted by Gasteiger charge is 2.20. The summed E-state index contributed by atoms with van der Waals surface area (Å²) < 4.78 is 0.748. The lowest BCUT2D eigenvalue weighted by atomic mass is 10.3. The second kappa shape index (κ2) is 5.90. The van der Waals surface area contributed by atoms with E-state index in [2.05, 4.69) is 26.2 Å². The first-order valence-corrected chi connectivity index (χ1v) is 7.34. The molecule has 104 valence electrons. The number of carboxylic acids is 1. The second-order valence-electron chi connectivity index (χ2n) is 3.81. The molecular weight excluding hydrogens is 368 g/mol. The number of thiazole rings is 1. The maximum absolute atomic E-state index is 11.4. The minimum atomic E-state index is -1.23. The number of hydrogen-bond donors (Lipinski definition) is 2. The van der Waals surface area contributed by atoms with Crippen LogP contribution in [0.5, 0.6) is 0 Å². The molecule has 0 aliphatic heterocycles. The molecule has 0 bridgehead atoms. The Morgan fingerprint density at radius 3 is 2.70 bits per heavy atom. The molecule has 0 amide bonds. The predicted octanol–water partition coefficient (Wildman–Crippen LogP) is 4.20. The van der Waals surface area contributed by atoms with Crippen LogP contribution in [0.3, 0.4) is 0 Å². The molecule has 20 heavy (non-hydrogen) atoms. The summed E-state index contributed by atoms with van der Waals surface area (Å²) in [5.74, 6) is -1.57. The first kappa shape index (κ1) is 15.0. The molecule has 0 fully saturated rings. The molecule has 1 aromatic heterocycles. The van der Waals surface area contributed by atoms with Crippen molar-refractivity contribution in [3.63, 3.8) is 0 Å². The number of carbonyl (C=O) groups is 2. The molecule has 2 rings (SSSR count). The molecule has 5 nitrogen and oxygen atoms in total. The number of aromatic carboxylic acids is 1. The fraction of sp³-hybridized carbons (Fsp3) is 0.0833. The first-order valence-electron chi connectivity index (χ1n) is 5.35. The van der Waals surface area contributed by atoms with Gasteiger partial charge in [-0.1, -0.05) is 22.9 Å². The van der Waals surface area contributed by atoms with Gasteiger partial charge in [-0.05, 0) is 34.1 Å². The van der Waals surface area contributed by atoms with Gasteiger partial charge in [-0.15, -0.1) is 0 Å². The Hall–Kier alpha value is -1.44. The van der Waals surface area contributed by atoms with Crippen LogP contribution < -0.4 is 5.32 Å². The number of carboxylic acid groups (broad SMARTS) is 1. The molecule has 1 heterocycles. The second-order valence-corrected chi connectivity index (χ2v) is 6.10. The van der Waals surface area contributed by atoms with Crippen LogP contribution in [0, 0.1) is 0 Å².